The van der Waals surface area contributed by atoms with E-state index in [4.69, 9.17) is 5.73 Å². The third-order valence-electron chi connectivity index (χ3n) is 1.57. The maximum absolute atomic E-state index is 12.7. The van der Waals surface area contributed by atoms with E-state index in [9.17, 15) is 9.18 Å². The topological polar surface area (TPSA) is 43.1 Å². The molecule has 3 heteroatoms. The number of primary amides is 1. The summed E-state index contributed by atoms with van der Waals surface area (Å²) in [5, 5.41) is 0. The van der Waals surface area contributed by atoms with Crippen LogP contribution in [0.2, 0.25) is 0 Å². The van der Waals surface area contributed by atoms with Crippen LogP contribution in [-0.4, -0.2) is 12.1 Å². The van der Waals surface area contributed by atoms with E-state index in [1.807, 2.05) is 6.07 Å². The molecule has 1 amide bonds. The Hall–Kier alpha value is -1.38. The van der Waals surface area contributed by atoms with Gasteiger partial charge in [-0.3, -0.25) is 4.79 Å². The van der Waals surface area contributed by atoms with Gasteiger partial charge in [-0.05, 0) is 5.56 Å². The highest BCUT2D eigenvalue weighted by Crippen LogP contribution is 2.04. The molecule has 0 bridgehead atoms. The van der Waals surface area contributed by atoms with Crippen molar-refractivity contribution in [3.8, 4) is 0 Å². The number of carbonyl (C=O) groups is 1. The highest BCUT2D eigenvalue weighted by Gasteiger charge is 2.12. The van der Waals surface area contributed by atoms with Crippen molar-refractivity contribution in [1.29, 1.82) is 0 Å². The maximum atomic E-state index is 12.7. The molecule has 1 rings (SSSR count). The van der Waals surface area contributed by atoms with Gasteiger partial charge in [-0.1, -0.05) is 30.3 Å². The molecule has 64 valence electrons. The average molecular weight is 167 g/mol. The molecule has 2 N–H and O–H groups in total. The first-order valence-electron chi connectivity index (χ1n) is 3.67. The summed E-state index contributed by atoms with van der Waals surface area (Å²) in [6.07, 6.45) is -1.51. The zero-order chi connectivity index (χ0) is 8.97. The summed E-state index contributed by atoms with van der Waals surface area (Å²) in [5.41, 5.74) is 5.55. The molecule has 0 spiro atoms. The summed E-state index contributed by atoms with van der Waals surface area (Å²) >= 11 is 0. The van der Waals surface area contributed by atoms with Crippen LogP contribution in [0.25, 0.3) is 0 Å². The Morgan fingerprint density at radius 2 is 2.00 bits per heavy atom. The molecule has 0 radical (unpaired) electrons. The van der Waals surface area contributed by atoms with Crippen LogP contribution in [0.15, 0.2) is 30.3 Å². The molecule has 1 aromatic rings. The quantitative estimate of drug-likeness (QED) is 0.718. The van der Waals surface area contributed by atoms with E-state index in [1.54, 1.807) is 24.3 Å². The van der Waals surface area contributed by atoms with E-state index in [-0.39, 0.29) is 6.42 Å². The molecule has 0 fully saturated rings. The second kappa shape index (κ2) is 3.85. The minimum atomic E-state index is -1.58. The number of alkyl halides is 1. The Bertz CT molecular complexity index is 260. The molecular formula is C9H10FNO. The fourth-order valence-electron chi connectivity index (χ4n) is 0.922. The van der Waals surface area contributed by atoms with Crippen LogP contribution in [0, 0.1) is 0 Å². The van der Waals surface area contributed by atoms with Gasteiger partial charge in [-0.15, -0.1) is 0 Å². The Morgan fingerprint density at radius 1 is 1.42 bits per heavy atom. The second-order valence-corrected chi connectivity index (χ2v) is 2.56. The lowest BCUT2D eigenvalue weighted by atomic mass is 10.1. The monoisotopic (exact) mass is 167 g/mol. The molecule has 12 heavy (non-hydrogen) atoms. The van der Waals surface area contributed by atoms with E-state index in [0.29, 0.717) is 0 Å². The van der Waals surface area contributed by atoms with Crippen LogP contribution in [0.5, 0.6) is 0 Å². The van der Waals surface area contributed by atoms with Gasteiger partial charge >= 0.3 is 0 Å². The summed E-state index contributed by atoms with van der Waals surface area (Å²) in [7, 11) is 0. The van der Waals surface area contributed by atoms with Crippen molar-refractivity contribution in [2.45, 2.75) is 12.6 Å². The highest BCUT2D eigenvalue weighted by molar-refractivity contribution is 5.78. The van der Waals surface area contributed by atoms with Gasteiger partial charge in [0.1, 0.15) is 0 Å². The number of benzene rings is 1. The van der Waals surface area contributed by atoms with Gasteiger partial charge in [0.15, 0.2) is 6.17 Å². The fraction of sp³-hybridized carbons (Fsp3) is 0.222. The third kappa shape index (κ3) is 2.34. The number of halogens is 1. The number of carbonyl (C=O) groups excluding carboxylic acids is 1. The maximum Gasteiger partial charge on any atom is 0.252 e. The molecule has 0 saturated carbocycles. The van der Waals surface area contributed by atoms with Gasteiger partial charge in [0, 0.05) is 6.42 Å². The average Bonchev–Trinajstić information content (AvgIpc) is 2.06. The van der Waals surface area contributed by atoms with Crippen LogP contribution >= 0.6 is 0 Å². The minimum absolute atomic E-state index is 0.0656. The zero-order valence-electron chi connectivity index (χ0n) is 6.53. The van der Waals surface area contributed by atoms with Crippen molar-refractivity contribution in [1.82, 2.24) is 0 Å². The van der Waals surface area contributed by atoms with E-state index in [0.717, 1.165) is 5.56 Å². The molecule has 0 aliphatic carbocycles. The summed E-state index contributed by atoms with van der Waals surface area (Å²) < 4.78 is 12.7. The standard InChI is InChI=1S/C9H10FNO/c10-8(9(11)12)6-7-4-2-1-3-5-7/h1-5,8H,6H2,(H2,11,12). The number of hydrogen-bond donors (Lipinski definition) is 1. The predicted molar refractivity (Wildman–Crippen MR) is 44.2 cm³/mol. The van der Waals surface area contributed by atoms with Gasteiger partial charge in [0.25, 0.3) is 5.91 Å². The van der Waals surface area contributed by atoms with Crippen LogP contribution in [0.3, 0.4) is 0 Å². The lowest BCUT2D eigenvalue weighted by Crippen LogP contribution is -2.26. The first-order chi connectivity index (χ1) is 5.70. The summed E-state index contributed by atoms with van der Waals surface area (Å²) in [5.74, 6) is -0.904. The van der Waals surface area contributed by atoms with Crippen molar-refractivity contribution >= 4 is 5.91 Å². The van der Waals surface area contributed by atoms with Crippen LogP contribution < -0.4 is 5.73 Å². The number of hydrogen-bond acceptors (Lipinski definition) is 1. The molecule has 0 aliphatic rings. The van der Waals surface area contributed by atoms with Gasteiger partial charge in [0.05, 0.1) is 0 Å². The Labute approximate surface area is 70.2 Å². The molecule has 0 aliphatic heterocycles. The molecule has 1 unspecified atom stereocenters. The summed E-state index contributed by atoms with van der Waals surface area (Å²) in [6, 6.07) is 8.94. The van der Waals surface area contributed by atoms with Crippen LogP contribution in [-0.2, 0) is 11.2 Å². The predicted octanol–water partition coefficient (Wildman–Crippen LogP) is 1.05. The Balaban J connectivity index is 2.58. The number of rotatable bonds is 3. The smallest absolute Gasteiger partial charge is 0.252 e. The van der Waals surface area contributed by atoms with Crippen molar-refractivity contribution in [2.24, 2.45) is 5.73 Å². The number of amides is 1. The van der Waals surface area contributed by atoms with E-state index in [2.05, 4.69) is 0 Å². The lowest BCUT2D eigenvalue weighted by Gasteiger charge is -2.02. The molecule has 0 heterocycles. The fourth-order valence-corrected chi connectivity index (χ4v) is 0.922. The first-order valence-corrected chi connectivity index (χ1v) is 3.67. The first kappa shape index (κ1) is 8.71. The second-order valence-electron chi connectivity index (χ2n) is 2.56. The van der Waals surface area contributed by atoms with Gasteiger partial charge in [0.2, 0.25) is 0 Å². The Kier molecular flexibility index (Phi) is 2.80. The molecule has 0 saturated heterocycles. The van der Waals surface area contributed by atoms with Gasteiger partial charge < -0.3 is 5.73 Å². The molecule has 1 atom stereocenters. The van der Waals surface area contributed by atoms with E-state index >= 15 is 0 Å². The zero-order valence-corrected chi connectivity index (χ0v) is 6.53. The van der Waals surface area contributed by atoms with Crippen molar-refractivity contribution in [3.63, 3.8) is 0 Å². The highest BCUT2D eigenvalue weighted by atomic mass is 19.1. The summed E-state index contributed by atoms with van der Waals surface area (Å²) in [4.78, 5) is 10.4. The van der Waals surface area contributed by atoms with Gasteiger partial charge in [-0.25, -0.2) is 4.39 Å². The third-order valence-corrected chi connectivity index (χ3v) is 1.57. The van der Waals surface area contributed by atoms with Crippen LogP contribution in [0.1, 0.15) is 5.56 Å². The van der Waals surface area contributed by atoms with Crippen molar-refractivity contribution in [3.05, 3.63) is 35.9 Å². The minimum Gasteiger partial charge on any atom is -0.367 e. The molecule has 2 nitrogen and oxygen atoms in total. The summed E-state index contributed by atoms with van der Waals surface area (Å²) in [6.45, 7) is 0. The van der Waals surface area contributed by atoms with Crippen molar-refractivity contribution < 1.29 is 9.18 Å². The van der Waals surface area contributed by atoms with Crippen molar-refractivity contribution in [2.75, 3.05) is 0 Å². The molecule has 0 aromatic heterocycles. The van der Waals surface area contributed by atoms with Crippen LogP contribution in [0.4, 0.5) is 4.39 Å². The SMILES string of the molecule is NC(=O)C(F)Cc1ccccc1. The Morgan fingerprint density at radius 3 is 2.50 bits per heavy atom. The lowest BCUT2D eigenvalue weighted by molar-refractivity contribution is -0.122. The number of nitrogens with two attached hydrogens (primary N) is 1. The van der Waals surface area contributed by atoms with Gasteiger partial charge in [-0.2, -0.15) is 0 Å². The van der Waals surface area contributed by atoms with E-state index < -0.39 is 12.1 Å². The normalized spacial score (nSPS) is 12.4. The molecular weight excluding hydrogens is 157 g/mol. The van der Waals surface area contributed by atoms with E-state index in [1.165, 1.54) is 0 Å². The molecule has 1 aromatic carbocycles. The largest absolute Gasteiger partial charge is 0.367 e.